The Morgan fingerprint density at radius 2 is 2.29 bits per heavy atom. The quantitative estimate of drug-likeness (QED) is 0.797. The first-order valence-electron chi connectivity index (χ1n) is 6.62. The lowest BCUT2D eigenvalue weighted by molar-refractivity contribution is 0.216. The van der Waals surface area contributed by atoms with Crippen LogP contribution < -0.4 is 0 Å². The van der Waals surface area contributed by atoms with E-state index in [4.69, 9.17) is 0 Å². The number of fused-ring (bicyclic) bond motifs is 2. The van der Waals surface area contributed by atoms with Gasteiger partial charge in [-0.05, 0) is 66.1 Å². The molecule has 0 amide bonds. The van der Waals surface area contributed by atoms with Crippen LogP contribution in [0.3, 0.4) is 0 Å². The fraction of sp³-hybridized carbons (Fsp3) is 0.714. The Balaban J connectivity index is 1.52. The Morgan fingerprint density at radius 1 is 1.41 bits per heavy atom. The third-order valence-electron chi connectivity index (χ3n) is 4.48. The summed E-state index contributed by atoms with van der Waals surface area (Å²) >= 11 is 5.39. The second-order valence-electron chi connectivity index (χ2n) is 5.86. The van der Waals surface area contributed by atoms with Crippen LogP contribution in [-0.4, -0.2) is 18.5 Å². The summed E-state index contributed by atoms with van der Waals surface area (Å²) in [4.78, 5) is 3.99. The van der Waals surface area contributed by atoms with Gasteiger partial charge in [0, 0.05) is 27.8 Å². The van der Waals surface area contributed by atoms with E-state index >= 15 is 0 Å². The Bertz CT molecular complexity index is 389. The van der Waals surface area contributed by atoms with E-state index in [0.29, 0.717) is 0 Å². The molecule has 3 atom stereocenters. The molecular weight excluding hydrogens is 294 g/mol. The molecule has 0 N–H and O–H groups in total. The third kappa shape index (κ3) is 2.77. The smallest absolute Gasteiger partial charge is 0.0325 e. The zero-order valence-corrected chi connectivity index (χ0v) is 12.8. The van der Waals surface area contributed by atoms with Crippen molar-refractivity contribution in [3.8, 4) is 0 Å². The van der Waals surface area contributed by atoms with Crippen molar-refractivity contribution in [2.24, 2.45) is 17.8 Å². The van der Waals surface area contributed by atoms with E-state index < -0.39 is 0 Å². The molecule has 1 nitrogen and oxygen atoms in total. The van der Waals surface area contributed by atoms with Gasteiger partial charge in [0.1, 0.15) is 0 Å². The summed E-state index contributed by atoms with van der Waals surface area (Å²) in [6.45, 7) is 2.42. The Labute approximate surface area is 116 Å². The van der Waals surface area contributed by atoms with Crippen molar-refractivity contribution in [2.45, 2.75) is 32.2 Å². The fourth-order valence-electron chi connectivity index (χ4n) is 3.77. The molecule has 3 heteroatoms. The van der Waals surface area contributed by atoms with Crippen LogP contribution in [0.2, 0.25) is 0 Å². The highest BCUT2D eigenvalue weighted by Gasteiger charge is 2.39. The zero-order chi connectivity index (χ0) is 11.8. The van der Waals surface area contributed by atoms with Gasteiger partial charge in [-0.2, -0.15) is 0 Å². The topological polar surface area (TPSA) is 3.24 Å². The maximum atomic E-state index is 3.53. The van der Waals surface area contributed by atoms with Crippen molar-refractivity contribution in [2.75, 3.05) is 13.6 Å². The summed E-state index contributed by atoms with van der Waals surface area (Å²) in [5.41, 5.74) is 0. The predicted octanol–water partition coefficient (Wildman–Crippen LogP) is 4.38. The van der Waals surface area contributed by atoms with E-state index in [1.165, 1.54) is 41.6 Å². The molecule has 2 fully saturated rings. The molecule has 3 rings (SSSR count). The fourth-order valence-corrected chi connectivity index (χ4v) is 5.30. The molecule has 0 saturated heterocycles. The first kappa shape index (κ1) is 12.2. The molecule has 1 heterocycles. The molecule has 94 valence electrons. The molecule has 2 aliphatic carbocycles. The lowest BCUT2D eigenvalue weighted by Crippen LogP contribution is -2.28. The van der Waals surface area contributed by atoms with Gasteiger partial charge in [0.2, 0.25) is 0 Å². The maximum absolute atomic E-state index is 3.53. The lowest BCUT2D eigenvalue weighted by Gasteiger charge is -2.26. The van der Waals surface area contributed by atoms with Crippen LogP contribution in [0.4, 0.5) is 0 Å². The molecule has 17 heavy (non-hydrogen) atoms. The van der Waals surface area contributed by atoms with Crippen molar-refractivity contribution in [1.29, 1.82) is 0 Å². The average molecular weight is 314 g/mol. The standard InChI is InChI=1S/C14H20BrNS/c1-16(8-14-6-13(15)9-17-14)7-12-5-10-2-3-11(12)4-10/h6,9-12H,2-5,7-8H2,1H3. The van der Waals surface area contributed by atoms with E-state index in [-0.39, 0.29) is 0 Å². The Morgan fingerprint density at radius 3 is 2.88 bits per heavy atom. The number of halogens is 1. The highest BCUT2D eigenvalue weighted by molar-refractivity contribution is 9.10. The molecule has 1 aromatic rings. The van der Waals surface area contributed by atoms with Crippen LogP contribution in [-0.2, 0) is 6.54 Å². The molecule has 0 aliphatic heterocycles. The minimum Gasteiger partial charge on any atom is -0.301 e. The molecule has 2 saturated carbocycles. The van der Waals surface area contributed by atoms with Crippen LogP contribution in [0.25, 0.3) is 0 Å². The first-order valence-corrected chi connectivity index (χ1v) is 8.29. The second kappa shape index (κ2) is 5.02. The van der Waals surface area contributed by atoms with Gasteiger partial charge in [-0.15, -0.1) is 11.3 Å². The number of nitrogens with zero attached hydrogens (tertiary/aromatic N) is 1. The van der Waals surface area contributed by atoms with Crippen molar-refractivity contribution < 1.29 is 0 Å². The van der Waals surface area contributed by atoms with Crippen LogP contribution >= 0.6 is 27.3 Å². The Hall–Kier alpha value is 0.140. The summed E-state index contributed by atoms with van der Waals surface area (Å²) in [6, 6.07) is 2.25. The summed E-state index contributed by atoms with van der Waals surface area (Å²) in [5, 5.41) is 2.18. The van der Waals surface area contributed by atoms with Crippen molar-refractivity contribution >= 4 is 27.3 Å². The van der Waals surface area contributed by atoms with E-state index in [0.717, 1.165) is 24.3 Å². The van der Waals surface area contributed by atoms with Crippen LogP contribution in [0.5, 0.6) is 0 Å². The highest BCUT2D eigenvalue weighted by atomic mass is 79.9. The van der Waals surface area contributed by atoms with Crippen LogP contribution in [0, 0.1) is 17.8 Å². The summed E-state index contributed by atoms with van der Waals surface area (Å²) in [5.74, 6) is 3.12. The van der Waals surface area contributed by atoms with Gasteiger partial charge >= 0.3 is 0 Å². The molecule has 0 aromatic carbocycles. The van der Waals surface area contributed by atoms with Crippen LogP contribution in [0.15, 0.2) is 15.9 Å². The van der Waals surface area contributed by atoms with Crippen molar-refractivity contribution in [3.05, 3.63) is 20.8 Å². The monoisotopic (exact) mass is 313 g/mol. The van der Waals surface area contributed by atoms with Crippen molar-refractivity contribution in [3.63, 3.8) is 0 Å². The van der Waals surface area contributed by atoms with E-state index in [1.807, 2.05) is 11.3 Å². The van der Waals surface area contributed by atoms with Gasteiger partial charge in [-0.1, -0.05) is 6.42 Å². The normalized spacial score (nSPS) is 31.6. The van der Waals surface area contributed by atoms with Gasteiger partial charge in [-0.25, -0.2) is 0 Å². The molecule has 2 bridgehead atoms. The first-order chi connectivity index (χ1) is 8.20. The highest BCUT2D eigenvalue weighted by Crippen LogP contribution is 2.48. The second-order valence-corrected chi connectivity index (χ2v) is 7.77. The average Bonchev–Trinajstić information content (AvgIpc) is 2.95. The summed E-state index contributed by atoms with van der Waals surface area (Å²) in [7, 11) is 2.28. The molecule has 2 aliphatic rings. The maximum Gasteiger partial charge on any atom is 0.0325 e. The van der Waals surface area contributed by atoms with Gasteiger partial charge in [0.25, 0.3) is 0 Å². The van der Waals surface area contributed by atoms with Gasteiger partial charge in [0.05, 0.1) is 0 Å². The molecule has 0 radical (unpaired) electrons. The third-order valence-corrected chi connectivity index (χ3v) is 6.16. The van der Waals surface area contributed by atoms with Gasteiger partial charge in [-0.3, -0.25) is 0 Å². The SMILES string of the molecule is CN(Cc1cc(Br)cs1)CC1CC2CCC1C2. The zero-order valence-electron chi connectivity index (χ0n) is 10.4. The molecule has 3 unspecified atom stereocenters. The van der Waals surface area contributed by atoms with Gasteiger partial charge in [0.15, 0.2) is 0 Å². The summed E-state index contributed by atoms with van der Waals surface area (Å²) < 4.78 is 1.23. The van der Waals surface area contributed by atoms with Crippen molar-refractivity contribution in [1.82, 2.24) is 4.90 Å². The van der Waals surface area contributed by atoms with E-state index in [9.17, 15) is 0 Å². The summed E-state index contributed by atoms with van der Waals surface area (Å²) in [6.07, 6.45) is 6.06. The van der Waals surface area contributed by atoms with E-state index in [1.54, 1.807) is 0 Å². The number of rotatable bonds is 4. The minimum absolute atomic E-state index is 0.988. The lowest BCUT2D eigenvalue weighted by atomic mass is 9.88. The molecule has 1 aromatic heterocycles. The van der Waals surface area contributed by atoms with Gasteiger partial charge < -0.3 is 4.90 Å². The number of hydrogen-bond acceptors (Lipinski definition) is 2. The minimum atomic E-state index is 0.988. The Kier molecular flexibility index (Phi) is 3.60. The largest absolute Gasteiger partial charge is 0.301 e. The molecule has 0 spiro atoms. The number of thiophene rings is 1. The number of hydrogen-bond donors (Lipinski definition) is 0. The molecular formula is C14H20BrNS. The van der Waals surface area contributed by atoms with Crippen LogP contribution in [0.1, 0.15) is 30.6 Å². The predicted molar refractivity (Wildman–Crippen MR) is 77.3 cm³/mol. The van der Waals surface area contributed by atoms with E-state index in [2.05, 4.69) is 39.3 Å².